The lowest BCUT2D eigenvalue weighted by atomic mass is 10.1. The normalized spacial score (nSPS) is 15.2. The number of benzene rings is 2. The average Bonchev–Trinajstić information content (AvgIpc) is 2.64. The second-order valence-electron chi connectivity index (χ2n) is 6.60. The Morgan fingerprint density at radius 1 is 1.08 bits per heavy atom. The highest BCUT2D eigenvalue weighted by molar-refractivity contribution is 7.92. The minimum Gasteiger partial charge on any atom is -0.312 e. The molecule has 0 radical (unpaired) electrons. The number of nitrogens with zero attached hydrogens (tertiary/aromatic N) is 1. The van der Waals surface area contributed by atoms with Crippen LogP contribution in [0.2, 0.25) is 0 Å². The van der Waals surface area contributed by atoms with Gasteiger partial charge in [-0.15, -0.1) is 0 Å². The van der Waals surface area contributed by atoms with E-state index in [-0.39, 0.29) is 10.8 Å². The fourth-order valence-electron chi connectivity index (χ4n) is 3.09. The molecule has 26 heavy (non-hydrogen) atoms. The predicted molar refractivity (Wildman–Crippen MR) is 104 cm³/mol. The average molecular weight is 372 g/mol. The first-order chi connectivity index (χ1) is 12.4. The van der Waals surface area contributed by atoms with E-state index >= 15 is 0 Å². The van der Waals surface area contributed by atoms with E-state index in [4.69, 9.17) is 0 Å². The van der Waals surface area contributed by atoms with Crippen LogP contribution < -0.4 is 9.62 Å². The molecule has 1 N–H and O–H groups in total. The maximum Gasteiger partial charge on any atom is 0.261 e. The third-order valence-electron chi connectivity index (χ3n) is 4.74. The van der Waals surface area contributed by atoms with Crippen molar-refractivity contribution in [3.8, 4) is 0 Å². The van der Waals surface area contributed by atoms with Gasteiger partial charge in [-0.2, -0.15) is 0 Å². The zero-order valence-corrected chi connectivity index (χ0v) is 16.0. The minimum atomic E-state index is -3.68. The van der Waals surface area contributed by atoms with E-state index in [9.17, 15) is 13.2 Å². The number of hydrogen-bond donors (Lipinski definition) is 1. The maximum atomic E-state index is 12.7. The van der Waals surface area contributed by atoms with Gasteiger partial charge in [0, 0.05) is 18.7 Å². The quantitative estimate of drug-likeness (QED) is 0.866. The molecule has 5 nitrogen and oxygen atoms in total. The summed E-state index contributed by atoms with van der Waals surface area (Å²) in [4.78, 5) is 13.9. The highest BCUT2D eigenvalue weighted by Crippen LogP contribution is 2.25. The van der Waals surface area contributed by atoms with Crippen molar-refractivity contribution in [2.24, 2.45) is 0 Å². The van der Waals surface area contributed by atoms with Gasteiger partial charge in [0.05, 0.1) is 10.6 Å². The minimum absolute atomic E-state index is 0.0944. The summed E-state index contributed by atoms with van der Waals surface area (Å²) in [6.45, 7) is 4.60. The smallest absolute Gasteiger partial charge is 0.261 e. The Bertz CT molecular complexity index is 905. The van der Waals surface area contributed by atoms with Crippen molar-refractivity contribution >= 4 is 27.3 Å². The van der Waals surface area contributed by atoms with Gasteiger partial charge in [0.25, 0.3) is 10.0 Å². The zero-order chi connectivity index (χ0) is 18.7. The van der Waals surface area contributed by atoms with Crippen LogP contribution in [0.15, 0.2) is 47.4 Å². The summed E-state index contributed by atoms with van der Waals surface area (Å²) >= 11 is 0. The number of aryl methyl sites for hydroxylation is 2. The third-order valence-corrected chi connectivity index (χ3v) is 6.12. The van der Waals surface area contributed by atoms with Crippen molar-refractivity contribution in [2.75, 3.05) is 16.2 Å². The fourth-order valence-corrected chi connectivity index (χ4v) is 4.21. The molecule has 6 heteroatoms. The monoisotopic (exact) mass is 372 g/mol. The van der Waals surface area contributed by atoms with Crippen LogP contribution in [0.4, 0.5) is 11.4 Å². The Labute approximate surface area is 155 Å². The SMILES string of the molecule is CCc1ccc(C)c(NS(=O)(=O)c2ccc(N3CCCCC3=O)cc2)c1. The van der Waals surface area contributed by atoms with E-state index in [1.807, 2.05) is 32.0 Å². The molecule has 2 aromatic rings. The van der Waals surface area contributed by atoms with Crippen LogP contribution >= 0.6 is 0 Å². The van der Waals surface area contributed by atoms with E-state index in [0.717, 1.165) is 36.1 Å². The van der Waals surface area contributed by atoms with Crippen LogP contribution in [0.3, 0.4) is 0 Å². The molecule has 0 bridgehead atoms. The van der Waals surface area contributed by atoms with Crippen molar-refractivity contribution in [3.63, 3.8) is 0 Å². The van der Waals surface area contributed by atoms with Crippen molar-refractivity contribution in [1.82, 2.24) is 0 Å². The van der Waals surface area contributed by atoms with E-state index < -0.39 is 10.0 Å². The van der Waals surface area contributed by atoms with Crippen molar-refractivity contribution in [2.45, 2.75) is 44.4 Å². The Balaban J connectivity index is 1.82. The summed E-state index contributed by atoms with van der Waals surface area (Å²) in [5.74, 6) is 0.0944. The third kappa shape index (κ3) is 3.90. The molecule has 2 aromatic carbocycles. The van der Waals surface area contributed by atoms with Gasteiger partial charge in [0.1, 0.15) is 0 Å². The Morgan fingerprint density at radius 3 is 2.46 bits per heavy atom. The molecule has 0 saturated carbocycles. The maximum absolute atomic E-state index is 12.7. The topological polar surface area (TPSA) is 66.5 Å². The van der Waals surface area contributed by atoms with E-state index in [0.29, 0.717) is 18.7 Å². The van der Waals surface area contributed by atoms with Gasteiger partial charge in [-0.3, -0.25) is 9.52 Å². The highest BCUT2D eigenvalue weighted by atomic mass is 32.2. The Kier molecular flexibility index (Phi) is 5.32. The summed E-state index contributed by atoms with van der Waals surface area (Å²) in [6, 6.07) is 12.3. The molecule has 0 unspecified atom stereocenters. The van der Waals surface area contributed by atoms with E-state index in [1.54, 1.807) is 29.2 Å². The first-order valence-electron chi connectivity index (χ1n) is 8.93. The van der Waals surface area contributed by atoms with Crippen molar-refractivity contribution in [1.29, 1.82) is 0 Å². The zero-order valence-electron chi connectivity index (χ0n) is 15.2. The molecule has 1 saturated heterocycles. The van der Waals surface area contributed by atoms with Gasteiger partial charge in [-0.05, 0) is 67.6 Å². The molecule has 1 heterocycles. The van der Waals surface area contributed by atoms with Crippen LogP contribution in [0, 0.1) is 6.92 Å². The number of amides is 1. The molecular formula is C20H24N2O3S. The number of sulfonamides is 1. The summed E-state index contributed by atoms with van der Waals surface area (Å²) in [5, 5.41) is 0. The first-order valence-corrected chi connectivity index (χ1v) is 10.4. The van der Waals surface area contributed by atoms with Gasteiger partial charge in [-0.1, -0.05) is 19.1 Å². The van der Waals surface area contributed by atoms with Gasteiger partial charge in [0.15, 0.2) is 0 Å². The second-order valence-corrected chi connectivity index (χ2v) is 8.29. The number of nitrogens with one attached hydrogen (secondary N) is 1. The van der Waals surface area contributed by atoms with Gasteiger partial charge < -0.3 is 4.90 Å². The number of anilines is 2. The van der Waals surface area contributed by atoms with Crippen LogP contribution in [0.5, 0.6) is 0 Å². The lowest BCUT2D eigenvalue weighted by Gasteiger charge is -2.26. The summed E-state index contributed by atoms with van der Waals surface area (Å²) in [6.07, 6.45) is 3.28. The molecule has 0 atom stereocenters. The van der Waals surface area contributed by atoms with Crippen LogP contribution in [-0.2, 0) is 21.2 Å². The van der Waals surface area contributed by atoms with E-state index in [2.05, 4.69) is 4.72 Å². The summed E-state index contributed by atoms with van der Waals surface area (Å²) < 4.78 is 28.1. The van der Waals surface area contributed by atoms with Crippen molar-refractivity contribution < 1.29 is 13.2 Å². The molecule has 0 aliphatic carbocycles. The number of piperidine rings is 1. The van der Waals surface area contributed by atoms with Gasteiger partial charge in [-0.25, -0.2) is 8.42 Å². The second kappa shape index (κ2) is 7.50. The molecule has 1 aliphatic heterocycles. The molecule has 138 valence electrons. The van der Waals surface area contributed by atoms with Crippen LogP contribution in [-0.4, -0.2) is 20.9 Å². The van der Waals surface area contributed by atoms with Gasteiger partial charge in [0.2, 0.25) is 5.91 Å². The van der Waals surface area contributed by atoms with Crippen LogP contribution in [0.1, 0.15) is 37.3 Å². The lowest BCUT2D eigenvalue weighted by molar-refractivity contribution is -0.119. The molecule has 1 amide bonds. The number of hydrogen-bond acceptors (Lipinski definition) is 3. The molecule has 1 aliphatic rings. The first kappa shape index (κ1) is 18.5. The number of carbonyl (C=O) groups is 1. The molecule has 1 fully saturated rings. The van der Waals surface area contributed by atoms with Gasteiger partial charge >= 0.3 is 0 Å². The standard InChI is InChI=1S/C20H24N2O3S/c1-3-16-8-7-15(2)19(14-16)21-26(24,25)18-11-9-17(10-12-18)22-13-5-4-6-20(22)23/h7-12,14,21H,3-6,13H2,1-2H3. The number of rotatable bonds is 5. The number of carbonyl (C=O) groups excluding carboxylic acids is 1. The van der Waals surface area contributed by atoms with Crippen molar-refractivity contribution in [3.05, 3.63) is 53.6 Å². The molecule has 0 aromatic heterocycles. The largest absolute Gasteiger partial charge is 0.312 e. The summed E-state index contributed by atoms with van der Waals surface area (Å²) in [5.41, 5.74) is 3.30. The fraction of sp³-hybridized carbons (Fsp3) is 0.350. The van der Waals surface area contributed by atoms with Crippen LogP contribution in [0.25, 0.3) is 0 Å². The lowest BCUT2D eigenvalue weighted by Crippen LogP contribution is -2.35. The highest BCUT2D eigenvalue weighted by Gasteiger charge is 2.21. The molecule has 0 spiro atoms. The molecule has 3 rings (SSSR count). The van der Waals surface area contributed by atoms with E-state index in [1.165, 1.54) is 0 Å². The predicted octanol–water partition coefficient (Wildman–Crippen LogP) is 3.88. The Hall–Kier alpha value is -2.34. The molecular weight excluding hydrogens is 348 g/mol. The Morgan fingerprint density at radius 2 is 1.81 bits per heavy atom. The summed E-state index contributed by atoms with van der Waals surface area (Å²) in [7, 11) is -3.68.